The molecule has 0 aromatic carbocycles. The molecule has 100 valence electrons. The van der Waals surface area contributed by atoms with E-state index in [1.807, 2.05) is 39.8 Å². The van der Waals surface area contributed by atoms with Crippen molar-refractivity contribution in [1.82, 2.24) is 19.7 Å². The molecule has 0 unspecified atom stereocenters. The Hall–Kier alpha value is -2.04. The topological polar surface area (TPSA) is 60.7 Å². The van der Waals surface area contributed by atoms with Gasteiger partial charge in [0.1, 0.15) is 12.2 Å². The van der Waals surface area contributed by atoms with Crippen molar-refractivity contribution in [1.29, 1.82) is 0 Å². The highest BCUT2D eigenvalue weighted by atomic mass is 16.1. The molecule has 5 nitrogen and oxygen atoms in total. The van der Waals surface area contributed by atoms with Crippen molar-refractivity contribution in [3.8, 4) is 0 Å². The van der Waals surface area contributed by atoms with E-state index in [-0.39, 0.29) is 18.2 Å². The smallest absolute Gasteiger partial charge is 0.170 e. The number of carbonyl (C=O) groups is 1. The Morgan fingerprint density at radius 1 is 1.26 bits per heavy atom. The zero-order chi connectivity index (χ0) is 14.0. The number of aryl methyl sites for hydroxylation is 2. The van der Waals surface area contributed by atoms with Gasteiger partial charge in [0.15, 0.2) is 5.78 Å². The van der Waals surface area contributed by atoms with E-state index < -0.39 is 0 Å². The Morgan fingerprint density at radius 3 is 2.47 bits per heavy atom. The number of aromatic nitrogens is 4. The van der Waals surface area contributed by atoms with Gasteiger partial charge in [-0.1, -0.05) is 0 Å². The van der Waals surface area contributed by atoms with Gasteiger partial charge < -0.3 is 0 Å². The molecule has 0 aliphatic carbocycles. The lowest BCUT2D eigenvalue weighted by atomic mass is 10.1. The number of carbonyl (C=O) groups excluding carboxylic acids is 1. The molecule has 5 heteroatoms. The third kappa shape index (κ3) is 3.05. The van der Waals surface area contributed by atoms with Crippen LogP contribution < -0.4 is 0 Å². The van der Waals surface area contributed by atoms with E-state index in [0.717, 1.165) is 11.4 Å². The van der Waals surface area contributed by atoms with Crippen LogP contribution in [-0.4, -0.2) is 25.5 Å². The van der Waals surface area contributed by atoms with Crippen molar-refractivity contribution in [2.75, 3.05) is 0 Å². The lowest BCUT2D eigenvalue weighted by Gasteiger charge is -2.09. The monoisotopic (exact) mass is 258 g/mol. The number of hydrogen-bond acceptors (Lipinski definition) is 4. The van der Waals surface area contributed by atoms with Gasteiger partial charge in [0, 0.05) is 23.0 Å². The summed E-state index contributed by atoms with van der Waals surface area (Å²) in [6.45, 7) is 7.81. The summed E-state index contributed by atoms with van der Waals surface area (Å²) in [5, 5.41) is 4.14. The van der Waals surface area contributed by atoms with Crippen molar-refractivity contribution in [2.24, 2.45) is 0 Å². The molecule has 0 fully saturated rings. The largest absolute Gasteiger partial charge is 0.294 e. The summed E-state index contributed by atoms with van der Waals surface area (Å²) < 4.78 is 1.78. The Kier molecular flexibility index (Phi) is 3.74. The summed E-state index contributed by atoms with van der Waals surface area (Å²) >= 11 is 0. The number of hydrogen-bond donors (Lipinski definition) is 0. The van der Waals surface area contributed by atoms with Crippen LogP contribution in [-0.2, 0) is 6.42 Å². The second-order valence-corrected chi connectivity index (χ2v) is 4.95. The van der Waals surface area contributed by atoms with E-state index in [2.05, 4.69) is 15.1 Å². The van der Waals surface area contributed by atoms with Crippen LogP contribution in [0.4, 0.5) is 0 Å². The quantitative estimate of drug-likeness (QED) is 0.789. The van der Waals surface area contributed by atoms with Crippen LogP contribution in [0.3, 0.4) is 0 Å². The van der Waals surface area contributed by atoms with E-state index in [1.165, 1.54) is 6.33 Å². The fourth-order valence-corrected chi connectivity index (χ4v) is 2.07. The minimum Gasteiger partial charge on any atom is -0.294 e. The maximum atomic E-state index is 12.3. The standard InChI is InChI=1S/C14H18N4O/c1-9(2)18-14(15-8-16-18)7-13(19)12-5-10(3)17-11(4)6-12/h5-6,8-9H,7H2,1-4H3. The van der Waals surface area contributed by atoms with Crippen molar-refractivity contribution in [2.45, 2.75) is 40.2 Å². The molecule has 2 aromatic rings. The molecule has 0 spiro atoms. The molecular weight excluding hydrogens is 240 g/mol. The van der Waals surface area contributed by atoms with Crippen LogP contribution in [0.2, 0.25) is 0 Å². The van der Waals surface area contributed by atoms with Crippen LogP contribution in [0.25, 0.3) is 0 Å². The van der Waals surface area contributed by atoms with Crippen molar-refractivity contribution in [3.63, 3.8) is 0 Å². The van der Waals surface area contributed by atoms with Crippen LogP contribution in [0.15, 0.2) is 18.5 Å². The summed E-state index contributed by atoms with van der Waals surface area (Å²) in [6, 6.07) is 3.82. The molecule has 0 bridgehead atoms. The molecule has 0 aliphatic rings. The second-order valence-electron chi connectivity index (χ2n) is 4.95. The van der Waals surface area contributed by atoms with E-state index in [9.17, 15) is 4.79 Å². The molecule has 0 atom stereocenters. The highest BCUT2D eigenvalue weighted by Crippen LogP contribution is 2.11. The summed E-state index contributed by atoms with van der Waals surface area (Å²) in [5.41, 5.74) is 2.39. The lowest BCUT2D eigenvalue weighted by molar-refractivity contribution is 0.0988. The summed E-state index contributed by atoms with van der Waals surface area (Å²) in [7, 11) is 0. The average Bonchev–Trinajstić information content (AvgIpc) is 2.75. The fourth-order valence-electron chi connectivity index (χ4n) is 2.07. The summed E-state index contributed by atoms with van der Waals surface area (Å²) in [5.74, 6) is 0.746. The number of pyridine rings is 1. The Bertz CT molecular complexity index is 581. The van der Waals surface area contributed by atoms with Crippen LogP contribution in [0.5, 0.6) is 0 Å². The SMILES string of the molecule is Cc1cc(C(=O)Cc2ncnn2C(C)C)cc(C)n1. The Morgan fingerprint density at radius 2 is 1.89 bits per heavy atom. The Balaban J connectivity index is 2.23. The molecule has 19 heavy (non-hydrogen) atoms. The van der Waals surface area contributed by atoms with Gasteiger partial charge >= 0.3 is 0 Å². The van der Waals surface area contributed by atoms with Gasteiger partial charge in [-0.3, -0.25) is 9.78 Å². The van der Waals surface area contributed by atoms with E-state index >= 15 is 0 Å². The minimum absolute atomic E-state index is 0.0449. The predicted molar refractivity (Wildman–Crippen MR) is 72.2 cm³/mol. The normalized spacial score (nSPS) is 11.0. The van der Waals surface area contributed by atoms with Gasteiger partial charge in [0.25, 0.3) is 0 Å². The first-order valence-electron chi connectivity index (χ1n) is 6.34. The van der Waals surface area contributed by atoms with Gasteiger partial charge in [0.2, 0.25) is 0 Å². The zero-order valence-corrected chi connectivity index (χ0v) is 11.7. The van der Waals surface area contributed by atoms with Crippen molar-refractivity contribution in [3.05, 3.63) is 41.2 Å². The first-order valence-corrected chi connectivity index (χ1v) is 6.34. The first kappa shape index (κ1) is 13.4. The molecule has 0 saturated carbocycles. The average molecular weight is 258 g/mol. The van der Waals surface area contributed by atoms with Crippen LogP contribution >= 0.6 is 0 Å². The third-order valence-electron chi connectivity index (χ3n) is 2.86. The number of rotatable bonds is 4. The number of nitrogens with zero attached hydrogens (tertiary/aromatic N) is 4. The molecule has 0 N–H and O–H groups in total. The first-order chi connectivity index (χ1) is 8.97. The highest BCUT2D eigenvalue weighted by Gasteiger charge is 2.14. The van der Waals surface area contributed by atoms with Gasteiger partial charge in [-0.05, 0) is 39.8 Å². The molecule has 0 amide bonds. The highest BCUT2D eigenvalue weighted by molar-refractivity contribution is 5.97. The van der Waals surface area contributed by atoms with Gasteiger partial charge in [-0.2, -0.15) is 5.10 Å². The van der Waals surface area contributed by atoms with Crippen LogP contribution in [0.1, 0.15) is 47.5 Å². The van der Waals surface area contributed by atoms with Gasteiger partial charge in [-0.25, -0.2) is 9.67 Å². The number of ketones is 1. The predicted octanol–water partition coefficient (Wildman–Crippen LogP) is 2.30. The fraction of sp³-hybridized carbons (Fsp3) is 0.429. The van der Waals surface area contributed by atoms with Crippen molar-refractivity contribution < 1.29 is 4.79 Å². The zero-order valence-electron chi connectivity index (χ0n) is 11.7. The summed E-state index contributed by atoms with van der Waals surface area (Å²) in [6.07, 6.45) is 1.76. The van der Waals surface area contributed by atoms with E-state index in [4.69, 9.17) is 0 Å². The van der Waals surface area contributed by atoms with E-state index in [1.54, 1.807) is 4.68 Å². The number of Topliss-reactive ketones (excluding diaryl/α,β-unsaturated/α-hetero) is 1. The van der Waals surface area contributed by atoms with Gasteiger partial charge in [0.05, 0.1) is 6.42 Å². The third-order valence-corrected chi connectivity index (χ3v) is 2.86. The van der Waals surface area contributed by atoms with Gasteiger partial charge in [-0.15, -0.1) is 0 Å². The lowest BCUT2D eigenvalue weighted by Crippen LogP contribution is -2.13. The maximum Gasteiger partial charge on any atom is 0.170 e. The summed E-state index contributed by atoms with van der Waals surface area (Å²) in [4.78, 5) is 20.7. The minimum atomic E-state index is 0.0449. The molecule has 2 aromatic heterocycles. The Labute approximate surface area is 112 Å². The maximum absolute atomic E-state index is 12.3. The second kappa shape index (κ2) is 5.30. The van der Waals surface area contributed by atoms with Crippen molar-refractivity contribution >= 4 is 5.78 Å². The molecule has 2 heterocycles. The molecule has 0 aliphatic heterocycles. The van der Waals surface area contributed by atoms with Crippen LogP contribution in [0, 0.1) is 13.8 Å². The molecular formula is C14H18N4O. The molecule has 0 radical (unpaired) electrons. The molecule has 2 rings (SSSR count). The molecule has 0 saturated heterocycles. The van der Waals surface area contributed by atoms with E-state index in [0.29, 0.717) is 11.4 Å².